The average molecular weight is 498 g/mol. The molecule has 188 valence electrons. The number of aromatic hydroxyl groups is 2. The number of benzene rings is 3. The average Bonchev–Trinajstić information content (AvgIpc) is 3.48. The van der Waals surface area contributed by atoms with Crippen molar-refractivity contribution in [1.82, 2.24) is 0 Å². The van der Waals surface area contributed by atoms with Crippen LogP contribution in [-0.2, 0) is 16.1 Å². The fourth-order valence-electron chi connectivity index (χ4n) is 4.82. The maximum absolute atomic E-state index is 12.9. The van der Waals surface area contributed by atoms with Crippen LogP contribution < -0.4 is 14.2 Å². The van der Waals surface area contributed by atoms with Gasteiger partial charge >= 0.3 is 5.97 Å². The van der Waals surface area contributed by atoms with Crippen LogP contribution in [0.4, 0.5) is 0 Å². The van der Waals surface area contributed by atoms with Gasteiger partial charge in [0.15, 0.2) is 23.0 Å². The molecular formula is C25H22O11. The van der Waals surface area contributed by atoms with Crippen molar-refractivity contribution in [3.63, 3.8) is 0 Å². The molecule has 11 nitrogen and oxygen atoms in total. The third-order valence-corrected chi connectivity index (χ3v) is 6.71. The normalized spacial score (nSPS) is 26.7. The minimum Gasteiger partial charge on any atom is -0.504 e. The molecule has 1 fully saturated rings. The number of carbonyl (C=O) groups is 1. The van der Waals surface area contributed by atoms with Gasteiger partial charge < -0.3 is 49.2 Å². The first-order valence-corrected chi connectivity index (χ1v) is 11.2. The summed E-state index contributed by atoms with van der Waals surface area (Å²) in [5, 5.41) is 52.0. The molecular weight excluding hydrogens is 476 g/mol. The zero-order chi connectivity index (χ0) is 25.3. The molecule has 6 rings (SSSR count). The molecule has 5 N–H and O–H groups in total. The lowest BCUT2D eigenvalue weighted by Gasteiger charge is -2.39. The number of rotatable bonds is 3. The Morgan fingerprint density at radius 3 is 2.36 bits per heavy atom. The maximum atomic E-state index is 12.9. The molecule has 5 atom stereocenters. The second kappa shape index (κ2) is 8.14. The van der Waals surface area contributed by atoms with E-state index in [1.807, 2.05) is 0 Å². The van der Waals surface area contributed by atoms with Gasteiger partial charge in [-0.05, 0) is 42.1 Å². The first-order chi connectivity index (χ1) is 17.2. The molecule has 11 heteroatoms. The topological polar surface area (TPSA) is 164 Å². The third-order valence-electron chi connectivity index (χ3n) is 6.71. The molecule has 0 amide bonds. The number of phenols is 2. The van der Waals surface area contributed by atoms with Gasteiger partial charge in [0.1, 0.15) is 30.7 Å². The molecule has 3 heterocycles. The van der Waals surface area contributed by atoms with Gasteiger partial charge in [0.05, 0.1) is 11.7 Å². The molecule has 0 spiro atoms. The summed E-state index contributed by atoms with van der Waals surface area (Å²) in [6.07, 6.45) is -6.76. The lowest BCUT2D eigenvalue weighted by atomic mass is 9.89. The van der Waals surface area contributed by atoms with Crippen LogP contribution in [-0.4, -0.2) is 69.0 Å². The van der Waals surface area contributed by atoms with E-state index < -0.39 is 48.2 Å². The number of ether oxygens (including phenoxy) is 5. The second-order valence-corrected chi connectivity index (χ2v) is 8.89. The quantitative estimate of drug-likeness (QED) is 0.263. The monoisotopic (exact) mass is 498 g/mol. The first kappa shape index (κ1) is 22.7. The van der Waals surface area contributed by atoms with Crippen LogP contribution >= 0.6 is 0 Å². The third kappa shape index (κ3) is 3.32. The number of carbonyl (C=O) groups excluding carboxylic acids is 1. The predicted octanol–water partition coefficient (Wildman–Crippen LogP) is 1.52. The van der Waals surface area contributed by atoms with E-state index in [1.54, 1.807) is 18.2 Å². The van der Waals surface area contributed by atoms with Gasteiger partial charge in [0.2, 0.25) is 13.1 Å². The van der Waals surface area contributed by atoms with E-state index in [-0.39, 0.29) is 24.7 Å². The maximum Gasteiger partial charge on any atom is 0.339 e. The zero-order valence-corrected chi connectivity index (χ0v) is 18.9. The van der Waals surface area contributed by atoms with Crippen LogP contribution in [0.15, 0.2) is 30.3 Å². The van der Waals surface area contributed by atoms with Gasteiger partial charge in [-0.15, -0.1) is 0 Å². The van der Waals surface area contributed by atoms with Gasteiger partial charge in [-0.25, -0.2) is 4.79 Å². The minimum atomic E-state index is -1.61. The highest BCUT2D eigenvalue weighted by atomic mass is 16.7. The van der Waals surface area contributed by atoms with Crippen molar-refractivity contribution in [3.05, 3.63) is 41.5 Å². The van der Waals surface area contributed by atoms with Crippen molar-refractivity contribution in [3.8, 4) is 39.9 Å². The van der Waals surface area contributed by atoms with E-state index in [9.17, 15) is 30.3 Å². The smallest absolute Gasteiger partial charge is 0.339 e. The van der Waals surface area contributed by atoms with Crippen LogP contribution in [0.2, 0.25) is 0 Å². The number of hydrogen-bond donors (Lipinski definition) is 5. The minimum absolute atomic E-state index is 0.0593. The van der Waals surface area contributed by atoms with Gasteiger partial charge in [-0.1, -0.05) is 6.07 Å². The number of phenolic OH excluding ortho intramolecular Hbond substituents is 2. The zero-order valence-electron chi connectivity index (χ0n) is 18.9. The van der Waals surface area contributed by atoms with E-state index in [0.29, 0.717) is 39.0 Å². The Hall–Kier alpha value is -3.77. The number of hydrogen-bond acceptors (Lipinski definition) is 11. The van der Waals surface area contributed by atoms with Crippen LogP contribution in [0.5, 0.6) is 28.7 Å². The lowest BCUT2D eigenvalue weighted by molar-refractivity contribution is -0.268. The SMILES string of the molecule is C[C@H]1OC(Oc2c3c(c(-c4ccc5c(c4)OCO5)c4cc(O)c(O)cc24)C(=O)OC3)[C@H](O)[C@@H](O)[C@H]1O. The first-order valence-electron chi connectivity index (χ1n) is 11.2. The molecule has 36 heavy (non-hydrogen) atoms. The van der Waals surface area contributed by atoms with Crippen molar-refractivity contribution in [2.24, 2.45) is 0 Å². The fraction of sp³-hybridized carbons (Fsp3) is 0.320. The largest absolute Gasteiger partial charge is 0.504 e. The van der Waals surface area contributed by atoms with Crippen LogP contribution in [0.25, 0.3) is 21.9 Å². The summed E-state index contributed by atoms with van der Waals surface area (Å²) in [6, 6.07) is 7.68. The Bertz CT molecular complexity index is 1400. The second-order valence-electron chi connectivity index (χ2n) is 8.89. The van der Waals surface area contributed by atoms with Gasteiger partial charge in [-0.3, -0.25) is 0 Å². The number of fused-ring (bicyclic) bond motifs is 3. The summed E-state index contributed by atoms with van der Waals surface area (Å²) in [6.45, 7) is 1.41. The standard InChI is InChI=1S/C25H22O11/c1-9-20(28)21(29)22(30)25(35-9)36-23-12-6-15(27)14(26)5-11(12)18(19-13(23)7-32-24(19)31)10-2-3-16-17(4-10)34-8-33-16/h2-6,9,20-22,25-30H,7-8H2,1H3/t9-,20+,21+,22-,25?/m1/s1. The molecule has 3 aromatic carbocycles. The predicted molar refractivity (Wildman–Crippen MR) is 121 cm³/mol. The summed E-state index contributed by atoms with van der Waals surface area (Å²) < 4.78 is 27.8. The van der Waals surface area contributed by atoms with Crippen LogP contribution in [0.3, 0.4) is 0 Å². The van der Waals surface area contributed by atoms with E-state index in [4.69, 9.17) is 23.7 Å². The molecule has 0 aromatic heterocycles. The van der Waals surface area contributed by atoms with E-state index in [1.165, 1.54) is 19.1 Å². The van der Waals surface area contributed by atoms with Gasteiger partial charge in [0, 0.05) is 16.5 Å². The highest BCUT2D eigenvalue weighted by molar-refractivity contribution is 6.14. The van der Waals surface area contributed by atoms with Crippen molar-refractivity contribution in [1.29, 1.82) is 0 Å². The number of cyclic esters (lactones) is 1. The number of aliphatic hydroxyl groups is 3. The van der Waals surface area contributed by atoms with Gasteiger partial charge in [0.25, 0.3) is 0 Å². The summed E-state index contributed by atoms with van der Waals surface area (Å²) >= 11 is 0. The lowest BCUT2D eigenvalue weighted by Crippen LogP contribution is -2.58. The van der Waals surface area contributed by atoms with E-state index in [0.717, 1.165) is 0 Å². The van der Waals surface area contributed by atoms with Crippen molar-refractivity contribution in [2.75, 3.05) is 6.79 Å². The Balaban J connectivity index is 1.58. The van der Waals surface area contributed by atoms with Gasteiger partial charge in [-0.2, -0.15) is 0 Å². The fourth-order valence-corrected chi connectivity index (χ4v) is 4.82. The van der Waals surface area contributed by atoms with Crippen LogP contribution in [0.1, 0.15) is 22.8 Å². The van der Waals surface area contributed by atoms with Crippen molar-refractivity contribution >= 4 is 16.7 Å². The number of aliphatic hydroxyl groups excluding tert-OH is 3. The molecule has 1 saturated heterocycles. The summed E-state index contributed by atoms with van der Waals surface area (Å²) in [4.78, 5) is 12.9. The van der Waals surface area contributed by atoms with Crippen LogP contribution in [0, 0.1) is 0 Å². The highest BCUT2D eigenvalue weighted by Crippen LogP contribution is 2.49. The molecule has 3 aliphatic rings. The molecule has 1 unspecified atom stereocenters. The highest BCUT2D eigenvalue weighted by Gasteiger charge is 2.44. The molecule has 0 bridgehead atoms. The molecule has 0 aliphatic carbocycles. The Labute approximate surface area is 203 Å². The summed E-state index contributed by atoms with van der Waals surface area (Å²) in [5.74, 6) is -0.423. The summed E-state index contributed by atoms with van der Waals surface area (Å²) in [5.41, 5.74) is 1.48. The molecule has 3 aromatic rings. The number of esters is 1. The van der Waals surface area contributed by atoms with E-state index >= 15 is 0 Å². The molecule has 0 saturated carbocycles. The van der Waals surface area contributed by atoms with Crippen molar-refractivity contribution < 1.29 is 54.0 Å². The Morgan fingerprint density at radius 1 is 0.861 bits per heavy atom. The molecule has 0 radical (unpaired) electrons. The summed E-state index contributed by atoms with van der Waals surface area (Å²) in [7, 11) is 0. The van der Waals surface area contributed by atoms with Crippen molar-refractivity contribution in [2.45, 2.75) is 44.2 Å². The Kier molecular flexibility index (Phi) is 5.12. The Morgan fingerprint density at radius 2 is 1.58 bits per heavy atom. The van der Waals surface area contributed by atoms with E-state index in [2.05, 4.69) is 0 Å². The molecule has 3 aliphatic heterocycles.